The molecule has 0 saturated carbocycles. The molecule has 0 aliphatic carbocycles. The number of carbonyl (C=O) groups is 1. The average molecular weight is 338 g/mol. The Bertz CT molecular complexity index is 822. The highest BCUT2D eigenvalue weighted by molar-refractivity contribution is 7.92. The third kappa shape index (κ3) is 3.42. The summed E-state index contributed by atoms with van der Waals surface area (Å²) < 4.78 is 44.9. The SMILES string of the molecule is COc1ccccc1N(CC(=O)[O-])S(=O)(=O)c1ccccc1F. The molecule has 0 saturated heterocycles. The smallest absolute Gasteiger partial charge is 0.267 e. The van der Waals surface area contributed by atoms with Crippen molar-refractivity contribution in [2.45, 2.75) is 4.90 Å². The molecular formula is C15H13FNO5S-. The first-order chi connectivity index (χ1) is 10.9. The summed E-state index contributed by atoms with van der Waals surface area (Å²) >= 11 is 0. The van der Waals surface area contributed by atoms with Crippen LogP contribution in [0, 0.1) is 5.82 Å². The number of carboxylic acids is 1. The summed E-state index contributed by atoms with van der Waals surface area (Å²) in [4.78, 5) is 10.4. The standard InChI is InChI=1S/C15H14FNO5S/c1-22-13-8-4-3-7-12(13)17(10-15(18)19)23(20,21)14-9-5-2-6-11(14)16/h2-9H,10H2,1H3,(H,18,19)/p-1. The number of ether oxygens (including phenoxy) is 1. The zero-order valence-electron chi connectivity index (χ0n) is 12.1. The van der Waals surface area contributed by atoms with Crippen molar-refractivity contribution in [1.29, 1.82) is 0 Å². The molecule has 2 aromatic rings. The number of hydrogen-bond acceptors (Lipinski definition) is 5. The van der Waals surface area contributed by atoms with Gasteiger partial charge in [-0.3, -0.25) is 4.31 Å². The molecule has 122 valence electrons. The van der Waals surface area contributed by atoms with Gasteiger partial charge in [0.1, 0.15) is 16.5 Å². The maximum atomic E-state index is 13.9. The summed E-state index contributed by atoms with van der Waals surface area (Å²) in [6.45, 7) is -0.975. The van der Waals surface area contributed by atoms with Crippen LogP contribution in [0.1, 0.15) is 0 Å². The Morgan fingerprint density at radius 2 is 1.78 bits per heavy atom. The third-order valence-corrected chi connectivity index (χ3v) is 4.82. The number of rotatable bonds is 6. The van der Waals surface area contributed by atoms with Crippen LogP contribution in [-0.4, -0.2) is 28.0 Å². The van der Waals surface area contributed by atoms with E-state index in [0.717, 1.165) is 12.1 Å². The lowest BCUT2D eigenvalue weighted by atomic mass is 10.3. The molecule has 8 heteroatoms. The lowest BCUT2D eigenvalue weighted by molar-refractivity contribution is -0.303. The van der Waals surface area contributed by atoms with Gasteiger partial charge in [-0.25, -0.2) is 12.8 Å². The van der Waals surface area contributed by atoms with Crippen LogP contribution in [0.25, 0.3) is 0 Å². The van der Waals surface area contributed by atoms with E-state index >= 15 is 0 Å². The van der Waals surface area contributed by atoms with Crippen molar-refractivity contribution in [3.05, 3.63) is 54.3 Å². The first-order valence-electron chi connectivity index (χ1n) is 6.48. The van der Waals surface area contributed by atoms with Gasteiger partial charge in [0, 0.05) is 0 Å². The summed E-state index contributed by atoms with van der Waals surface area (Å²) in [5.74, 6) is -2.48. The van der Waals surface area contributed by atoms with E-state index in [1.54, 1.807) is 6.07 Å². The summed E-state index contributed by atoms with van der Waals surface area (Å²) in [5, 5.41) is 11.0. The van der Waals surface area contributed by atoms with Crippen LogP contribution in [0.2, 0.25) is 0 Å². The molecule has 0 amide bonds. The van der Waals surface area contributed by atoms with Crippen LogP contribution in [-0.2, 0) is 14.8 Å². The monoisotopic (exact) mass is 338 g/mol. The molecule has 0 N–H and O–H groups in total. The number of nitrogens with zero attached hydrogens (tertiary/aromatic N) is 1. The molecule has 0 bridgehead atoms. The summed E-state index contributed by atoms with van der Waals surface area (Å²) in [6, 6.07) is 10.6. The summed E-state index contributed by atoms with van der Waals surface area (Å²) in [7, 11) is -3.14. The highest BCUT2D eigenvalue weighted by Crippen LogP contribution is 2.32. The van der Waals surface area contributed by atoms with Crippen LogP contribution in [0.3, 0.4) is 0 Å². The molecule has 0 aliphatic heterocycles. The minimum Gasteiger partial charge on any atom is -0.548 e. The molecule has 0 aromatic heterocycles. The Morgan fingerprint density at radius 1 is 1.17 bits per heavy atom. The van der Waals surface area contributed by atoms with Crippen molar-refractivity contribution in [3.63, 3.8) is 0 Å². The Morgan fingerprint density at radius 3 is 2.39 bits per heavy atom. The summed E-state index contributed by atoms with van der Waals surface area (Å²) in [6.07, 6.45) is 0. The molecular weight excluding hydrogens is 325 g/mol. The predicted octanol–water partition coefficient (Wildman–Crippen LogP) is 0.779. The van der Waals surface area contributed by atoms with Gasteiger partial charge in [-0.1, -0.05) is 24.3 Å². The first-order valence-corrected chi connectivity index (χ1v) is 7.92. The molecule has 2 rings (SSSR count). The van der Waals surface area contributed by atoms with E-state index < -0.39 is 33.3 Å². The number of carbonyl (C=O) groups excluding carboxylic acids is 1. The number of halogens is 1. The largest absolute Gasteiger partial charge is 0.548 e. The Kier molecular flexibility index (Phi) is 4.85. The number of sulfonamides is 1. The van der Waals surface area contributed by atoms with E-state index in [-0.39, 0.29) is 11.4 Å². The Hall–Kier alpha value is -2.61. The number of carboxylic acid groups (broad SMARTS) is 1. The molecule has 0 fully saturated rings. The lowest BCUT2D eigenvalue weighted by Gasteiger charge is -2.26. The molecule has 0 aliphatic rings. The zero-order valence-corrected chi connectivity index (χ0v) is 12.9. The number of methoxy groups -OCH3 is 1. The molecule has 0 radical (unpaired) electrons. The van der Waals surface area contributed by atoms with E-state index in [1.807, 2.05) is 0 Å². The molecule has 6 nitrogen and oxygen atoms in total. The van der Waals surface area contributed by atoms with Gasteiger partial charge in [-0.2, -0.15) is 0 Å². The van der Waals surface area contributed by atoms with E-state index in [0.29, 0.717) is 4.31 Å². The Labute approximate surface area is 132 Å². The van der Waals surface area contributed by atoms with Crippen LogP contribution in [0.4, 0.5) is 10.1 Å². The fourth-order valence-corrected chi connectivity index (χ4v) is 3.51. The molecule has 0 heterocycles. The number of anilines is 1. The first kappa shape index (κ1) is 16.8. The second kappa shape index (κ2) is 6.66. The van der Waals surface area contributed by atoms with Gasteiger partial charge < -0.3 is 14.6 Å². The second-order valence-corrected chi connectivity index (χ2v) is 6.32. The van der Waals surface area contributed by atoms with Gasteiger partial charge in [0.05, 0.1) is 25.3 Å². The maximum absolute atomic E-state index is 13.9. The lowest BCUT2D eigenvalue weighted by Crippen LogP contribution is -2.42. The van der Waals surface area contributed by atoms with Crippen LogP contribution in [0.5, 0.6) is 5.75 Å². The van der Waals surface area contributed by atoms with Crippen molar-refractivity contribution < 1.29 is 27.4 Å². The minimum atomic E-state index is -4.45. The van der Waals surface area contributed by atoms with Crippen LogP contribution in [0.15, 0.2) is 53.4 Å². The normalized spacial score (nSPS) is 11.0. The van der Waals surface area contributed by atoms with Gasteiger partial charge >= 0.3 is 0 Å². The van der Waals surface area contributed by atoms with E-state index in [1.165, 1.54) is 37.4 Å². The van der Waals surface area contributed by atoms with Gasteiger partial charge in [-0.05, 0) is 24.3 Å². The molecule has 2 aromatic carbocycles. The fraction of sp³-hybridized carbons (Fsp3) is 0.133. The van der Waals surface area contributed by atoms with Gasteiger partial charge in [0.2, 0.25) is 0 Å². The Balaban J connectivity index is 2.64. The number of hydrogen-bond donors (Lipinski definition) is 0. The topological polar surface area (TPSA) is 86.7 Å². The minimum absolute atomic E-state index is 0.0255. The molecule has 0 atom stereocenters. The predicted molar refractivity (Wildman–Crippen MR) is 78.9 cm³/mol. The van der Waals surface area contributed by atoms with Gasteiger partial charge in [0.25, 0.3) is 10.0 Å². The average Bonchev–Trinajstić information content (AvgIpc) is 2.52. The highest BCUT2D eigenvalue weighted by Gasteiger charge is 2.29. The number of aliphatic carboxylic acids is 1. The van der Waals surface area contributed by atoms with E-state index in [9.17, 15) is 22.7 Å². The molecule has 0 spiro atoms. The highest BCUT2D eigenvalue weighted by atomic mass is 32.2. The van der Waals surface area contributed by atoms with Crippen molar-refractivity contribution in [2.75, 3.05) is 18.0 Å². The zero-order chi connectivity index (χ0) is 17.0. The van der Waals surface area contributed by atoms with Gasteiger partial charge in [0.15, 0.2) is 0 Å². The van der Waals surface area contributed by atoms with Crippen molar-refractivity contribution >= 4 is 21.7 Å². The second-order valence-electron chi connectivity index (χ2n) is 4.49. The van der Waals surface area contributed by atoms with Crippen molar-refractivity contribution in [2.24, 2.45) is 0 Å². The van der Waals surface area contributed by atoms with Gasteiger partial charge in [-0.15, -0.1) is 0 Å². The third-order valence-electron chi connectivity index (χ3n) is 3.03. The maximum Gasteiger partial charge on any atom is 0.267 e. The molecule has 23 heavy (non-hydrogen) atoms. The van der Waals surface area contributed by atoms with Crippen molar-refractivity contribution in [1.82, 2.24) is 0 Å². The fourth-order valence-electron chi connectivity index (χ4n) is 2.03. The van der Waals surface area contributed by atoms with Crippen molar-refractivity contribution in [3.8, 4) is 5.75 Å². The van der Waals surface area contributed by atoms with Crippen LogP contribution >= 0.6 is 0 Å². The summed E-state index contributed by atoms with van der Waals surface area (Å²) in [5.41, 5.74) is -0.0255. The quantitative estimate of drug-likeness (QED) is 0.777. The number of benzene rings is 2. The van der Waals surface area contributed by atoms with E-state index in [4.69, 9.17) is 4.74 Å². The number of para-hydroxylation sites is 2. The molecule has 0 unspecified atom stereocenters. The van der Waals surface area contributed by atoms with E-state index in [2.05, 4.69) is 0 Å². The van der Waals surface area contributed by atoms with Crippen LogP contribution < -0.4 is 14.1 Å².